The number of imidazole rings is 3. The molecule has 10 aromatic rings. The van der Waals surface area contributed by atoms with Crippen molar-refractivity contribution < 1.29 is 0 Å². The molecule has 0 aliphatic rings. The summed E-state index contributed by atoms with van der Waals surface area (Å²) in [4.78, 5) is 9.91. The van der Waals surface area contributed by atoms with Crippen molar-refractivity contribution in [1.82, 2.24) is 36.9 Å². The lowest BCUT2D eigenvalue weighted by Gasteiger charge is -2.19. The number of para-hydroxylation sites is 3. The van der Waals surface area contributed by atoms with Crippen LogP contribution in [0.25, 0.3) is 61.7 Å². The van der Waals surface area contributed by atoms with E-state index in [1.807, 2.05) is 30.2 Å². The molecule has 6 heterocycles. The van der Waals surface area contributed by atoms with Gasteiger partial charge in [-0.25, -0.2) is 4.98 Å². The summed E-state index contributed by atoms with van der Waals surface area (Å²) in [6.45, 7) is 0. The summed E-state index contributed by atoms with van der Waals surface area (Å²) in [6, 6.07) is 44.0. The summed E-state index contributed by atoms with van der Waals surface area (Å²) in [5.41, 5.74) is 8.94. The predicted octanol–water partition coefficient (Wildman–Crippen LogP) is 6.06. The standard InChI is InChI=1S/C38H29N8Si/c1-41-24-22-39-37(41)43-23-21-32-36(43)40-38(42(32)2)45-31-20-12-11-19-30(31)44-34(45)25-33-35(44)28-17-9-10-18-29(28)46(33)47(26-13-5-3-6-14-26)27-15-7-4-8-16-27/h3-25H,1-2H3. The van der Waals surface area contributed by atoms with Gasteiger partial charge in [0.1, 0.15) is 5.65 Å². The second kappa shape index (κ2) is 9.72. The topological polar surface area (TPSA) is 54.8 Å². The normalized spacial score (nSPS) is 12.2. The van der Waals surface area contributed by atoms with Gasteiger partial charge in [-0.1, -0.05) is 91.0 Å². The van der Waals surface area contributed by atoms with Gasteiger partial charge in [0.2, 0.25) is 20.9 Å². The highest BCUT2D eigenvalue weighted by atomic mass is 28.3. The first-order chi connectivity index (χ1) is 23.2. The Labute approximate surface area is 271 Å². The highest BCUT2D eigenvalue weighted by Crippen LogP contribution is 2.37. The molecule has 0 N–H and O–H groups in total. The molecule has 6 aromatic heterocycles. The minimum absolute atomic E-state index is 0.831. The van der Waals surface area contributed by atoms with Crippen LogP contribution in [0.1, 0.15) is 0 Å². The first kappa shape index (κ1) is 26.2. The lowest BCUT2D eigenvalue weighted by molar-refractivity contribution is 0.827. The smallest absolute Gasteiger partial charge is 0.247 e. The molecule has 0 unspecified atom stereocenters. The van der Waals surface area contributed by atoms with Gasteiger partial charge < -0.3 is 13.4 Å². The minimum Gasteiger partial charge on any atom is -0.358 e. The van der Waals surface area contributed by atoms with Crippen LogP contribution in [0.4, 0.5) is 0 Å². The SMILES string of the molecule is Cn1ccnc1-n1ccc2c1nc(-n1c3ccccc3n3c4c5ccccc5n([Si](c5ccccc5)c5ccccc5)c4cc13)n2C. The summed E-state index contributed by atoms with van der Waals surface area (Å²) in [6.07, 6.45) is 5.82. The molecule has 0 atom stereocenters. The highest BCUT2D eigenvalue weighted by Gasteiger charge is 2.29. The zero-order chi connectivity index (χ0) is 31.2. The van der Waals surface area contributed by atoms with Gasteiger partial charge >= 0.3 is 0 Å². The van der Waals surface area contributed by atoms with Crippen molar-refractivity contribution in [3.63, 3.8) is 0 Å². The second-order valence-electron chi connectivity index (χ2n) is 12.0. The molecule has 8 nitrogen and oxygen atoms in total. The third-order valence-electron chi connectivity index (χ3n) is 9.43. The molecule has 0 aliphatic carbocycles. The Morgan fingerprint density at radius 3 is 1.96 bits per heavy atom. The molecule has 0 fully saturated rings. The Balaban J connectivity index is 1.32. The molecule has 0 aliphatic heterocycles. The van der Waals surface area contributed by atoms with Crippen molar-refractivity contribution in [2.45, 2.75) is 0 Å². The van der Waals surface area contributed by atoms with Gasteiger partial charge in [0.25, 0.3) is 0 Å². The number of hydrogen-bond acceptors (Lipinski definition) is 2. The molecule has 1 radical (unpaired) electrons. The molecule has 47 heavy (non-hydrogen) atoms. The van der Waals surface area contributed by atoms with Crippen molar-refractivity contribution in [1.29, 1.82) is 0 Å². The van der Waals surface area contributed by atoms with Crippen LogP contribution in [-0.2, 0) is 14.1 Å². The summed E-state index contributed by atoms with van der Waals surface area (Å²) in [7, 11) is 2.68. The third-order valence-corrected chi connectivity index (χ3v) is 12.1. The van der Waals surface area contributed by atoms with Crippen LogP contribution < -0.4 is 10.4 Å². The Bertz CT molecular complexity index is 2730. The summed E-state index contributed by atoms with van der Waals surface area (Å²) >= 11 is 0. The van der Waals surface area contributed by atoms with Crippen LogP contribution in [0, 0.1) is 0 Å². The molecule has 0 bridgehead atoms. The molecule has 9 heteroatoms. The number of benzene rings is 4. The average molecular weight is 626 g/mol. The molecule has 225 valence electrons. The molecular formula is C38H29N8Si. The number of hydrogen-bond donors (Lipinski definition) is 0. The monoisotopic (exact) mass is 625 g/mol. The van der Waals surface area contributed by atoms with Gasteiger partial charge in [-0.05, 0) is 34.6 Å². The summed E-state index contributed by atoms with van der Waals surface area (Å²) in [5, 5.41) is 3.93. The second-order valence-corrected chi connectivity index (χ2v) is 14.3. The van der Waals surface area contributed by atoms with Crippen LogP contribution in [0.2, 0.25) is 0 Å². The Kier molecular flexibility index (Phi) is 5.41. The minimum atomic E-state index is -1.43. The molecule has 0 amide bonds. The van der Waals surface area contributed by atoms with Crippen molar-refractivity contribution in [3.05, 3.63) is 140 Å². The lowest BCUT2D eigenvalue weighted by Crippen LogP contribution is -2.48. The van der Waals surface area contributed by atoms with Crippen LogP contribution >= 0.6 is 0 Å². The fraction of sp³-hybridized carbons (Fsp3) is 0.0526. The van der Waals surface area contributed by atoms with Gasteiger partial charge in [-0.15, -0.1) is 0 Å². The molecule has 0 saturated heterocycles. The summed E-state index contributed by atoms with van der Waals surface area (Å²) < 4.78 is 13.6. The van der Waals surface area contributed by atoms with E-state index in [2.05, 4.69) is 156 Å². The van der Waals surface area contributed by atoms with Crippen LogP contribution in [0.3, 0.4) is 0 Å². The first-order valence-electron chi connectivity index (χ1n) is 15.7. The average Bonchev–Trinajstić information content (AvgIpc) is 3.95. The summed E-state index contributed by atoms with van der Waals surface area (Å²) in [5.74, 6) is 1.69. The third kappa shape index (κ3) is 3.57. The van der Waals surface area contributed by atoms with E-state index in [0.717, 1.165) is 39.7 Å². The van der Waals surface area contributed by atoms with Crippen molar-refractivity contribution in [2.75, 3.05) is 0 Å². The predicted molar refractivity (Wildman–Crippen MR) is 191 cm³/mol. The van der Waals surface area contributed by atoms with Crippen molar-refractivity contribution >= 4 is 69.1 Å². The van der Waals surface area contributed by atoms with Gasteiger partial charge in [0.15, 0.2) is 5.65 Å². The fourth-order valence-electron chi connectivity index (χ4n) is 7.37. The van der Waals surface area contributed by atoms with Gasteiger partial charge in [0.05, 0.1) is 27.6 Å². The van der Waals surface area contributed by atoms with Crippen LogP contribution in [0.5, 0.6) is 0 Å². The molecule has 0 spiro atoms. The molecule has 0 saturated carbocycles. The van der Waals surface area contributed by atoms with E-state index in [1.54, 1.807) is 0 Å². The van der Waals surface area contributed by atoms with Crippen molar-refractivity contribution in [3.8, 4) is 11.9 Å². The number of aromatic nitrogens is 8. The van der Waals surface area contributed by atoms with E-state index in [9.17, 15) is 0 Å². The zero-order valence-corrected chi connectivity index (χ0v) is 26.9. The zero-order valence-electron chi connectivity index (χ0n) is 25.9. The van der Waals surface area contributed by atoms with E-state index < -0.39 is 8.96 Å². The Hall–Kier alpha value is -6.06. The van der Waals surface area contributed by atoms with E-state index in [4.69, 9.17) is 4.98 Å². The maximum absolute atomic E-state index is 5.30. The highest BCUT2D eigenvalue weighted by molar-refractivity contribution is 6.85. The van der Waals surface area contributed by atoms with E-state index in [-0.39, 0.29) is 0 Å². The first-order valence-corrected chi connectivity index (χ1v) is 17.2. The van der Waals surface area contributed by atoms with E-state index in [0.29, 0.717) is 0 Å². The van der Waals surface area contributed by atoms with E-state index >= 15 is 0 Å². The number of rotatable bonds is 5. The number of nitrogens with zero attached hydrogens (tertiary/aromatic N) is 8. The van der Waals surface area contributed by atoms with Gasteiger partial charge in [-0.2, -0.15) is 4.98 Å². The Morgan fingerprint density at radius 1 is 0.596 bits per heavy atom. The van der Waals surface area contributed by atoms with Crippen LogP contribution in [-0.4, -0.2) is 45.8 Å². The maximum Gasteiger partial charge on any atom is 0.247 e. The largest absolute Gasteiger partial charge is 0.358 e. The quantitative estimate of drug-likeness (QED) is 0.219. The van der Waals surface area contributed by atoms with E-state index in [1.165, 1.54) is 32.3 Å². The fourth-order valence-corrected chi connectivity index (χ4v) is 10.1. The Morgan fingerprint density at radius 2 is 1.26 bits per heavy atom. The molecular weight excluding hydrogens is 597 g/mol. The maximum atomic E-state index is 5.30. The van der Waals surface area contributed by atoms with Crippen LogP contribution in [0.15, 0.2) is 140 Å². The number of fused-ring (bicyclic) bond motifs is 8. The molecule has 4 aromatic carbocycles. The molecule has 10 rings (SSSR count). The lowest BCUT2D eigenvalue weighted by atomic mass is 10.2. The number of aryl methyl sites for hydroxylation is 2. The van der Waals surface area contributed by atoms with Gasteiger partial charge in [-0.3, -0.25) is 13.5 Å². The van der Waals surface area contributed by atoms with Crippen molar-refractivity contribution in [2.24, 2.45) is 14.1 Å². The van der Waals surface area contributed by atoms with Gasteiger partial charge in [0, 0.05) is 49.7 Å².